The summed E-state index contributed by atoms with van der Waals surface area (Å²) in [6.07, 6.45) is 4.24. The zero-order valence-electron chi connectivity index (χ0n) is 14.8. The number of nitrogens with one attached hydrogen (secondary N) is 2. The number of amides is 2. The normalized spacial score (nSPS) is 18.0. The molecule has 0 atom stereocenters. The van der Waals surface area contributed by atoms with Gasteiger partial charge in [-0.05, 0) is 0 Å². The molecule has 1 aromatic carbocycles. The molecule has 0 saturated carbocycles. The molecule has 2 aliphatic rings. The number of rotatable bonds is 5. The summed E-state index contributed by atoms with van der Waals surface area (Å²) in [6.45, 7) is 3.75. The van der Waals surface area contributed by atoms with E-state index < -0.39 is 0 Å². The fraction of sp³-hybridized carbons (Fsp3) is 0.300. The molecule has 2 N–H and O–H groups in total. The van der Waals surface area contributed by atoms with Crippen LogP contribution in [0.3, 0.4) is 0 Å². The second kappa shape index (κ2) is 7.80. The standard InChI is InChI=1S/C20H20FN3O2Se/c21-14-3-4-18-16(10-14)17(20(26)23-18)11-15-9-13(12-27-15)19(25)22-5-8-24-6-1-2-7-24/h3-4,9-12H,1-2,5-8H2,(H,22,25)(H,23,26). The summed E-state index contributed by atoms with van der Waals surface area (Å²) in [5.74, 6) is -0.694. The van der Waals surface area contributed by atoms with E-state index in [0.29, 0.717) is 28.9 Å². The number of carbonyl (C=O) groups is 2. The van der Waals surface area contributed by atoms with Gasteiger partial charge in [0.1, 0.15) is 0 Å². The molecule has 1 saturated heterocycles. The van der Waals surface area contributed by atoms with Crippen molar-refractivity contribution in [1.82, 2.24) is 10.2 Å². The molecule has 0 radical (unpaired) electrons. The van der Waals surface area contributed by atoms with E-state index >= 15 is 0 Å². The van der Waals surface area contributed by atoms with E-state index in [4.69, 9.17) is 0 Å². The molecule has 2 aliphatic heterocycles. The summed E-state index contributed by atoms with van der Waals surface area (Å²) in [6, 6.07) is 6.08. The van der Waals surface area contributed by atoms with Gasteiger partial charge in [-0.1, -0.05) is 0 Å². The van der Waals surface area contributed by atoms with Gasteiger partial charge >= 0.3 is 163 Å². The quantitative estimate of drug-likeness (QED) is 0.563. The van der Waals surface area contributed by atoms with Crippen molar-refractivity contribution < 1.29 is 14.0 Å². The molecule has 0 unspecified atom stereocenters. The zero-order chi connectivity index (χ0) is 18.8. The van der Waals surface area contributed by atoms with Crippen molar-refractivity contribution >= 4 is 43.7 Å². The third kappa shape index (κ3) is 4.05. The van der Waals surface area contributed by atoms with Crippen LogP contribution >= 0.6 is 0 Å². The fourth-order valence-corrected chi connectivity index (χ4v) is 5.15. The van der Waals surface area contributed by atoms with Crippen LogP contribution in [0.2, 0.25) is 0 Å². The minimum atomic E-state index is -0.377. The monoisotopic (exact) mass is 433 g/mol. The Morgan fingerprint density at radius 1 is 1.30 bits per heavy atom. The SMILES string of the molecule is O=C1Nc2ccc(F)cc2C1=Cc1cc(C(=O)NCCN2CCCC2)c[se]1. The second-order valence-corrected chi connectivity index (χ2v) is 8.72. The van der Waals surface area contributed by atoms with Crippen LogP contribution in [0.5, 0.6) is 0 Å². The van der Waals surface area contributed by atoms with Gasteiger partial charge in [0, 0.05) is 0 Å². The van der Waals surface area contributed by atoms with E-state index in [9.17, 15) is 14.0 Å². The van der Waals surface area contributed by atoms with Gasteiger partial charge in [-0.25, -0.2) is 0 Å². The van der Waals surface area contributed by atoms with Gasteiger partial charge in [-0.15, -0.1) is 0 Å². The van der Waals surface area contributed by atoms with Crippen LogP contribution in [0.4, 0.5) is 10.1 Å². The molecular weight excluding hydrogens is 412 g/mol. The maximum absolute atomic E-state index is 13.5. The van der Waals surface area contributed by atoms with Gasteiger partial charge in [0.15, 0.2) is 0 Å². The molecule has 0 bridgehead atoms. The summed E-state index contributed by atoms with van der Waals surface area (Å²) in [4.78, 5) is 28.8. The molecule has 0 aliphatic carbocycles. The Bertz CT molecular complexity index is 916. The van der Waals surface area contributed by atoms with Gasteiger partial charge in [0.25, 0.3) is 0 Å². The zero-order valence-corrected chi connectivity index (χ0v) is 16.5. The van der Waals surface area contributed by atoms with Gasteiger partial charge in [-0.3, -0.25) is 0 Å². The van der Waals surface area contributed by atoms with E-state index in [2.05, 4.69) is 15.5 Å². The third-order valence-corrected chi connectivity index (χ3v) is 6.69. The number of hydrogen-bond acceptors (Lipinski definition) is 3. The van der Waals surface area contributed by atoms with Crippen LogP contribution in [0.15, 0.2) is 29.2 Å². The molecule has 1 fully saturated rings. The van der Waals surface area contributed by atoms with Crippen LogP contribution in [-0.4, -0.2) is 57.4 Å². The fourth-order valence-electron chi connectivity index (χ4n) is 3.43. The Labute approximate surface area is 163 Å². The Morgan fingerprint density at radius 2 is 2.11 bits per heavy atom. The van der Waals surface area contributed by atoms with E-state index in [1.165, 1.54) is 25.0 Å². The van der Waals surface area contributed by atoms with Crippen LogP contribution in [0.1, 0.15) is 33.2 Å². The minimum absolute atomic E-state index is 0.0228. The summed E-state index contributed by atoms with van der Waals surface area (Å²) >= 11 is -0.0228. The number of benzene rings is 1. The van der Waals surface area contributed by atoms with Gasteiger partial charge in [0.05, 0.1) is 0 Å². The summed E-state index contributed by atoms with van der Waals surface area (Å²) < 4.78 is 14.5. The van der Waals surface area contributed by atoms with Crippen LogP contribution in [0.25, 0.3) is 11.6 Å². The van der Waals surface area contributed by atoms with Gasteiger partial charge in [0.2, 0.25) is 0 Å². The first-order valence-corrected chi connectivity index (χ1v) is 10.9. The van der Waals surface area contributed by atoms with Crippen LogP contribution in [-0.2, 0) is 4.79 Å². The molecule has 0 spiro atoms. The predicted molar refractivity (Wildman–Crippen MR) is 104 cm³/mol. The number of halogens is 1. The number of nitrogens with zero attached hydrogens (tertiary/aromatic N) is 1. The Kier molecular flexibility index (Phi) is 5.25. The average molecular weight is 432 g/mol. The summed E-state index contributed by atoms with van der Waals surface area (Å²) in [7, 11) is 0. The van der Waals surface area contributed by atoms with Crippen molar-refractivity contribution in [1.29, 1.82) is 0 Å². The van der Waals surface area contributed by atoms with Crippen molar-refractivity contribution in [2.24, 2.45) is 0 Å². The first-order chi connectivity index (χ1) is 13.1. The number of likely N-dealkylation sites (tertiary alicyclic amines) is 1. The maximum atomic E-state index is 13.5. The second-order valence-electron chi connectivity index (χ2n) is 6.74. The number of carbonyl (C=O) groups excluding carboxylic acids is 2. The molecule has 3 heterocycles. The van der Waals surface area contributed by atoms with E-state index in [1.807, 2.05) is 11.0 Å². The molecule has 7 heteroatoms. The first kappa shape index (κ1) is 18.2. The topological polar surface area (TPSA) is 61.4 Å². The Balaban J connectivity index is 1.43. The Hall–Kier alpha value is -2.21. The van der Waals surface area contributed by atoms with E-state index in [1.54, 1.807) is 12.1 Å². The molecule has 4 rings (SSSR count). The summed E-state index contributed by atoms with van der Waals surface area (Å²) in [5.41, 5.74) is 2.27. The third-order valence-electron chi connectivity index (χ3n) is 4.85. The number of anilines is 1. The molecule has 140 valence electrons. The average Bonchev–Trinajstić information content (AvgIpc) is 3.37. The van der Waals surface area contributed by atoms with Crippen molar-refractivity contribution in [3.8, 4) is 0 Å². The number of hydrogen-bond donors (Lipinski definition) is 2. The molecule has 27 heavy (non-hydrogen) atoms. The molecular formula is C20H20FN3O2Se. The Morgan fingerprint density at radius 3 is 2.93 bits per heavy atom. The van der Waals surface area contributed by atoms with Gasteiger partial charge in [-0.2, -0.15) is 0 Å². The van der Waals surface area contributed by atoms with Crippen molar-refractivity contribution in [2.75, 3.05) is 31.5 Å². The molecule has 2 aromatic rings. The first-order valence-electron chi connectivity index (χ1n) is 9.02. The molecule has 1 aromatic heterocycles. The number of fused-ring (bicyclic) bond motifs is 1. The van der Waals surface area contributed by atoms with Crippen molar-refractivity contribution in [3.05, 3.63) is 50.6 Å². The molecule has 2 amide bonds. The van der Waals surface area contributed by atoms with Crippen molar-refractivity contribution in [3.63, 3.8) is 0 Å². The van der Waals surface area contributed by atoms with E-state index in [-0.39, 0.29) is 32.1 Å². The summed E-state index contributed by atoms with van der Waals surface area (Å²) in [5, 5.41) is 5.71. The molecule has 5 nitrogen and oxygen atoms in total. The van der Waals surface area contributed by atoms with Gasteiger partial charge < -0.3 is 0 Å². The van der Waals surface area contributed by atoms with E-state index in [0.717, 1.165) is 24.1 Å². The van der Waals surface area contributed by atoms with Crippen molar-refractivity contribution in [2.45, 2.75) is 12.8 Å². The van der Waals surface area contributed by atoms with Crippen LogP contribution in [0, 0.1) is 5.82 Å². The predicted octanol–water partition coefficient (Wildman–Crippen LogP) is 2.20. The van der Waals surface area contributed by atoms with Crippen LogP contribution < -0.4 is 10.6 Å².